The van der Waals surface area contributed by atoms with E-state index in [-0.39, 0.29) is 11.3 Å². The Morgan fingerprint density at radius 3 is 2.48 bits per heavy atom. The van der Waals surface area contributed by atoms with E-state index in [9.17, 15) is 14.9 Å². The number of furan rings is 1. The molecule has 0 unspecified atom stereocenters. The maximum Gasteiger partial charge on any atom is 0.282 e. The molecule has 0 spiro atoms. The Kier molecular flexibility index (Phi) is 3.43. The minimum atomic E-state index is -0.568. The van der Waals surface area contributed by atoms with Crippen molar-refractivity contribution in [2.75, 3.05) is 5.32 Å². The van der Waals surface area contributed by atoms with Crippen molar-refractivity contribution >= 4 is 39.2 Å². The van der Waals surface area contributed by atoms with Crippen LogP contribution in [0.1, 0.15) is 10.4 Å². The molecule has 0 bridgehead atoms. The molecule has 0 aliphatic heterocycles. The molecular formula is C19H12N2O4. The van der Waals surface area contributed by atoms with Crippen LogP contribution in [-0.4, -0.2) is 10.8 Å². The van der Waals surface area contributed by atoms with Crippen molar-refractivity contribution in [2.45, 2.75) is 0 Å². The van der Waals surface area contributed by atoms with E-state index in [0.717, 1.165) is 16.4 Å². The van der Waals surface area contributed by atoms with Crippen LogP contribution in [0.2, 0.25) is 0 Å². The monoisotopic (exact) mass is 332 g/mol. The van der Waals surface area contributed by atoms with Gasteiger partial charge in [-0.2, -0.15) is 0 Å². The first-order chi connectivity index (χ1) is 12.1. The zero-order valence-electron chi connectivity index (χ0n) is 12.9. The van der Waals surface area contributed by atoms with E-state index in [4.69, 9.17) is 4.42 Å². The minimum absolute atomic E-state index is 0.0182. The number of benzene rings is 3. The number of nitro benzene ring substituents is 1. The molecule has 0 aliphatic carbocycles. The van der Waals surface area contributed by atoms with Gasteiger partial charge < -0.3 is 9.73 Å². The molecule has 0 saturated heterocycles. The van der Waals surface area contributed by atoms with E-state index in [1.807, 2.05) is 24.3 Å². The second-order valence-corrected chi connectivity index (χ2v) is 5.54. The summed E-state index contributed by atoms with van der Waals surface area (Å²) in [6.45, 7) is 0. The lowest BCUT2D eigenvalue weighted by molar-refractivity contribution is -0.385. The van der Waals surface area contributed by atoms with Gasteiger partial charge in [0, 0.05) is 22.5 Å². The van der Waals surface area contributed by atoms with Gasteiger partial charge in [0.2, 0.25) is 0 Å². The van der Waals surface area contributed by atoms with Crippen molar-refractivity contribution < 1.29 is 14.1 Å². The zero-order valence-corrected chi connectivity index (χ0v) is 12.9. The minimum Gasteiger partial charge on any atom is -0.456 e. The average molecular weight is 332 g/mol. The Hall–Kier alpha value is -3.67. The fraction of sp³-hybridized carbons (Fsp3) is 0. The van der Waals surface area contributed by atoms with Gasteiger partial charge in [-0.25, -0.2) is 0 Å². The van der Waals surface area contributed by atoms with Gasteiger partial charge in [-0.3, -0.25) is 14.9 Å². The van der Waals surface area contributed by atoms with Crippen LogP contribution in [0.4, 0.5) is 11.4 Å². The first-order valence-electron chi connectivity index (χ1n) is 7.59. The summed E-state index contributed by atoms with van der Waals surface area (Å²) < 4.78 is 5.75. The van der Waals surface area contributed by atoms with Crippen LogP contribution in [0.15, 0.2) is 71.1 Å². The highest BCUT2D eigenvalue weighted by Gasteiger charge is 2.19. The lowest BCUT2D eigenvalue weighted by atomic mass is 10.1. The summed E-state index contributed by atoms with van der Waals surface area (Å²) in [6.07, 6.45) is 0. The third kappa shape index (κ3) is 2.59. The number of fused-ring (bicyclic) bond motifs is 3. The third-order valence-corrected chi connectivity index (χ3v) is 3.98. The number of para-hydroxylation sites is 2. The number of anilines is 1. The normalized spacial score (nSPS) is 10.9. The molecule has 4 aromatic rings. The Bertz CT molecular complexity index is 1130. The first kappa shape index (κ1) is 14.9. The number of carbonyl (C=O) groups is 1. The number of nitro groups is 1. The molecule has 3 aromatic carbocycles. The lowest BCUT2D eigenvalue weighted by Gasteiger charge is -2.06. The Balaban J connectivity index is 1.72. The molecule has 1 amide bonds. The van der Waals surface area contributed by atoms with Crippen LogP contribution < -0.4 is 5.32 Å². The number of carbonyl (C=O) groups excluding carboxylic acids is 1. The summed E-state index contributed by atoms with van der Waals surface area (Å²) in [5.74, 6) is -0.528. The Morgan fingerprint density at radius 2 is 1.64 bits per heavy atom. The van der Waals surface area contributed by atoms with Gasteiger partial charge in [-0.1, -0.05) is 30.3 Å². The van der Waals surface area contributed by atoms with Crippen LogP contribution in [0.5, 0.6) is 0 Å². The van der Waals surface area contributed by atoms with Gasteiger partial charge in [0.25, 0.3) is 11.6 Å². The molecule has 6 heteroatoms. The van der Waals surface area contributed by atoms with Gasteiger partial charge in [0.15, 0.2) is 0 Å². The van der Waals surface area contributed by atoms with Gasteiger partial charge >= 0.3 is 0 Å². The van der Waals surface area contributed by atoms with Gasteiger partial charge in [-0.05, 0) is 30.3 Å². The van der Waals surface area contributed by atoms with E-state index in [1.165, 1.54) is 18.2 Å². The van der Waals surface area contributed by atoms with E-state index in [2.05, 4.69) is 5.32 Å². The molecule has 1 heterocycles. The maximum atomic E-state index is 12.4. The summed E-state index contributed by atoms with van der Waals surface area (Å²) in [5, 5.41) is 15.6. The maximum absolute atomic E-state index is 12.4. The molecule has 6 nitrogen and oxygen atoms in total. The highest BCUT2D eigenvalue weighted by Crippen LogP contribution is 2.30. The molecule has 25 heavy (non-hydrogen) atoms. The summed E-state index contributed by atoms with van der Waals surface area (Å²) in [7, 11) is 0. The molecule has 0 fully saturated rings. The van der Waals surface area contributed by atoms with Crippen molar-refractivity contribution in [2.24, 2.45) is 0 Å². The topological polar surface area (TPSA) is 85.4 Å². The Morgan fingerprint density at radius 1 is 0.920 bits per heavy atom. The van der Waals surface area contributed by atoms with Crippen LogP contribution in [0.3, 0.4) is 0 Å². The molecule has 122 valence electrons. The highest BCUT2D eigenvalue weighted by molar-refractivity contribution is 6.10. The molecule has 0 aliphatic rings. The molecule has 1 aromatic heterocycles. The highest BCUT2D eigenvalue weighted by atomic mass is 16.6. The second-order valence-electron chi connectivity index (χ2n) is 5.54. The smallest absolute Gasteiger partial charge is 0.282 e. The zero-order chi connectivity index (χ0) is 17.4. The van der Waals surface area contributed by atoms with Crippen LogP contribution in [0.25, 0.3) is 21.9 Å². The van der Waals surface area contributed by atoms with Gasteiger partial charge in [0.05, 0.1) is 4.92 Å². The van der Waals surface area contributed by atoms with E-state index in [0.29, 0.717) is 11.3 Å². The van der Waals surface area contributed by atoms with Crippen LogP contribution in [-0.2, 0) is 0 Å². The van der Waals surface area contributed by atoms with Crippen molar-refractivity contribution in [3.05, 3.63) is 82.4 Å². The SMILES string of the molecule is O=C(Nc1ccc2oc3ccccc3c2c1)c1ccccc1[N+](=O)[O-]. The van der Waals surface area contributed by atoms with Gasteiger partial charge in [-0.15, -0.1) is 0 Å². The van der Waals surface area contributed by atoms with Crippen LogP contribution in [0, 0.1) is 10.1 Å². The number of amides is 1. The predicted octanol–water partition coefficient (Wildman–Crippen LogP) is 4.75. The summed E-state index contributed by atoms with van der Waals surface area (Å²) in [6, 6.07) is 18.7. The number of hydrogen-bond acceptors (Lipinski definition) is 4. The number of nitrogens with zero attached hydrogens (tertiary/aromatic N) is 1. The van der Waals surface area contributed by atoms with Crippen LogP contribution >= 0.6 is 0 Å². The van der Waals surface area contributed by atoms with Crippen molar-refractivity contribution in [3.63, 3.8) is 0 Å². The largest absolute Gasteiger partial charge is 0.456 e. The van der Waals surface area contributed by atoms with Crippen molar-refractivity contribution in [1.29, 1.82) is 0 Å². The Labute approximate surface area is 141 Å². The average Bonchev–Trinajstić information content (AvgIpc) is 2.99. The summed E-state index contributed by atoms with van der Waals surface area (Å²) >= 11 is 0. The first-order valence-corrected chi connectivity index (χ1v) is 7.59. The molecule has 1 N–H and O–H groups in total. The van der Waals surface area contributed by atoms with E-state index >= 15 is 0 Å². The third-order valence-electron chi connectivity index (χ3n) is 3.98. The fourth-order valence-corrected chi connectivity index (χ4v) is 2.83. The van der Waals surface area contributed by atoms with Gasteiger partial charge in [0.1, 0.15) is 16.7 Å². The summed E-state index contributed by atoms with van der Waals surface area (Å²) in [4.78, 5) is 22.9. The summed E-state index contributed by atoms with van der Waals surface area (Å²) in [5.41, 5.74) is 1.81. The van der Waals surface area contributed by atoms with Crippen molar-refractivity contribution in [1.82, 2.24) is 0 Å². The molecule has 4 rings (SSSR count). The second kappa shape index (κ2) is 5.76. The van der Waals surface area contributed by atoms with Crippen molar-refractivity contribution in [3.8, 4) is 0 Å². The molecule has 0 radical (unpaired) electrons. The van der Waals surface area contributed by atoms with E-state index in [1.54, 1.807) is 24.3 Å². The number of nitrogens with one attached hydrogen (secondary N) is 1. The number of hydrogen-bond donors (Lipinski definition) is 1. The number of rotatable bonds is 3. The van der Waals surface area contributed by atoms with E-state index < -0.39 is 10.8 Å². The quantitative estimate of drug-likeness (QED) is 0.433. The standard InChI is InChI=1S/C19H12N2O4/c22-19(14-6-1-3-7-16(14)21(23)24)20-12-9-10-18-15(11-12)13-5-2-4-8-17(13)25-18/h1-11H,(H,20,22). The molecule has 0 atom stereocenters. The molecular weight excluding hydrogens is 320 g/mol. The molecule has 0 saturated carbocycles. The predicted molar refractivity (Wildman–Crippen MR) is 94.8 cm³/mol. The lowest BCUT2D eigenvalue weighted by Crippen LogP contribution is -2.13. The fourth-order valence-electron chi connectivity index (χ4n) is 2.83.